The summed E-state index contributed by atoms with van der Waals surface area (Å²) in [5.41, 5.74) is 7.85. The van der Waals surface area contributed by atoms with Gasteiger partial charge in [0, 0.05) is 29.1 Å². The number of hydrogen-bond donors (Lipinski definition) is 1. The minimum absolute atomic E-state index is 0.406. The molecular weight excluding hydrogens is 310 g/mol. The summed E-state index contributed by atoms with van der Waals surface area (Å²) in [6, 6.07) is 2.09. The number of thiophene rings is 1. The summed E-state index contributed by atoms with van der Waals surface area (Å²) in [4.78, 5) is 4.65. The second-order valence-electron chi connectivity index (χ2n) is 4.11. The highest BCUT2D eigenvalue weighted by molar-refractivity contribution is 7.98. The third-order valence-electron chi connectivity index (χ3n) is 2.78. The quantitative estimate of drug-likeness (QED) is 0.731. The molecule has 3 heterocycles. The van der Waals surface area contributed by atoms with E-state index >= 15 is 0 Å². The summed E-state index contributed by atoms with van der Waals surface area (Å²) < 4.78 is 1.93. The lowest BCUT2D eigenvalue weighted by Gasteiger charge is -2.00. The van der Waals surface area contributed by atoms with Crippen molar-refractivity contribution in [2.45, 2.75) is 17.5 Å². The van der Waals surface area contributed by atoms with Gasteiger partial charge in [-0.1, -0.05) is 11.8 Å². The van der Waals surface area contributed by atoms with Crippen molar-refractivity contribution in [1.29, 1.82) is 0 Å². The van der Waals surface area contributed by atoms with Crippen LogP contribution in [0.1, 0.15) is 11.5 Å². The van der Waals surface area contributed by atoms with E-state index in [4.69, 9.17) is 5.73 Å². The monoisotopic (exact) mass is 323 g/mol. The number of rotatable bonds is 5. The van der Waals surface area contributed by atoms with Crippen molar-refractivity contribution in [3.8, 4) is 10.6 Å². The molecule has 20 heavy (non-hydrogen) atoms. The predicted octanol–water partition coefficient (Wildman–Crippen LogP) is 2.75. The third-order valence-corrected chi connectivity index (χ3v) is 5.45. The van der Waals surface area contributed by atoms with Gasteiger partial charge in [-0.15, -0.1) is 21.5 Å². The van der Waals surface area contributed by atoms with Crippen LogP contribution in [0.4, 0.5) is 0 Å². The maximum Gasteiger partial charge on any atom is 0.191 e. The highest BCUT2D eigenvalue weighted by Gasteiger charge is 2.10. The summed E-state index contributed by atoms with van der Waals surface area (Å²) in [5, 5.41) is 16.4. The molecule has 5 nitrogen and oxygen atoms in total. The Morgan fingerprint density at radius 1 is 1.35 bits per heavy atom. The predicted molar refractivity (Wildman–Crippen MR) is 83.9 cm³/mol. The molecule has 0 radical (unpaired) electrons. The number of thioether (sulfide) groups is 1. The first-order valence-corrected chi connectivity index (χ1v) is 8.77. The van der Waals surface area contributed by atoms with Gasteiger partial charge in [0.05, 0.1) is 12.2 Å². The van der Waals surface area contributed by atoms with E-state index in [9.17, 15) is 0 Å². The topological polar surface area (TPSA) is 69.6 Å². The molecule has 104 valence electrons. The van der Waals surface area contributed by atoms with Crippen molar-refractivity contribution in [3.05, 3.63) is 33.7 Å². The van der Waals surface area contributed by atoms with Crippen LogP contribution in [0.3, 0.4) is 0 Å². The Morgan fingerprint density at radius 2 is 2.25 bits per heavy atom. The smallest absolute Gasteiger partial charge is 0.191 e. The summed E-state index contributed by atoms with van der Waals surface area (Å²) in [6.07, 6.45) is 0. The molecule has 0 bridgehead atoms. The minimum Gasteiger partial charge on any atom is -0.324 e. The number of nitrogens with zero attached hydrogens (tertiary/aromatic N) is 4. The molecule has 0 saturated carbocycles. The Bertz CT molecular complexity index is 686. The Balaban J connectivity index is 1.68. The highest BCUT2D eigenvalue weighted by Crippen LogP contribution is 2.28. The van der Waals surface area contributed by atoms with Gasteiger partial charge in [-0.3, -0.25) is 0 Å². The van der Waals surface area contributed by atoms with Crippen LogP contribution in [-0.4, -0.2) is 19.7 Å². The molecule has 2 N–H and O–H groups in total. The first-order chi connectivity index (χ1) is 9.78. The van der Waals surface area contributed by atoms with E-state index in [1.165, 1.54) is 5.56 Å². The third kappa shape index (κ3) is 2.78. The summed E-state index contributed by atoms with van der Waals surface area (Å²) in [6.45, 7) is 0.406. The number of nitrogens with two attached hydrogens (primary N) is 1. The van der Waals surface area contributed by atoms with Crippen molar-refractivity contribution >= 4 is 34.4 Å². The van der Waals surface area contributed by atoms with Crippen molar-refractivity contribution in [2.75, 3.05) is 0 Å². The largest absolute Gasteiger partial charge is 0.324 e. The zero-order valence-corrected chi connectivity index (χ0v) is 13.3. The fourth-order valence-corrected chi connectivity index (χ4v) is 4.14. The fraction of sp³-hybridized carbons (Fsp3) is 0.250. The lowest BCUT2D eigenvalue weighted by Crippen LogP contribution is -2.05. The lowest BCUT2D eigenvalue weighted by molar-refractivity contribution is 0.734. The van der Waals surface area contributed by atoms with E-state index in [2.05, 4.69) is 37.4 Å². The summed E-state index contributed by atoms with van der Waals surface area (Å²) >= 11 is 4.99. The van der Waals surface area contributed by atoms with Gasteiger partial charge >= 0.3 is 0 Å². The molecule has 0 aliphatic rings. The Labute approximate surface area is 128 Å². The summed E-state index contributed by atoms with van der Waals surface area (Å²) in [7, 11) is 1.93. The minimum atomic E-state index is 0.406. The zero-order chi connectivity index (χ0) is 13.9. The van der Waals surface area contributed by atoms with Crippen LogP contribution in [0.5, 0.6) is 0 Å². The Morgan fingerprint density at radius 3 is 2.95 bits per heavy atom. The van der Waals surface area contributed by atoms with Crippen LogP contribution in [0.2, 0.25) is 0 Å². The summed E-state index contributed by atoms with van der Waals surface area (Å²) in [5.74, 6) is 1.58. The van der Waals surface area contributed by atoms with Crippen LogP contribution in [-0.2, 0) is 19.3 Å². The van der Waals surface area contributed by atoms with E-state index in [0.29, 0.717) is 6.54 Å². The van der Waals surface area contributed by atoms with Crippen LogP contribution in [0.15, 0.2) is 27.4 Å². The Kier molecular flexibility index (Phi) is 4.16. The van der Waals surface area contributed by atoms with Gasteiger partial charge in [0.25, 0.3) is 0 Å². The first kappa shape index (κ1) is 13.7. The van der Waals surface area contributed by atoms with Crippen LogP contribution in [0, 0.1) is 0 Å². The second-order valence-corrected chi connectivity index (χ2v) is 6.69. The molecule has 8 heteroatoms. The molecule has 3 aromatic heterocycles. The average molecular weight is 323 g/mol. The van der Waals surface area contributed by atoms with Gasteiger partial charge in [-0.25, -0.2) is 4.98 Å². The van der Waals surface area contributed by atoms with E-state index in [1.54, 1.807) is 34.4 Å². The molecule has 3 aromatic rings. The normalized spacial score (nSPS) is 11.1. The van der Waals surface area contributed by atoms with E-state index in [-0.39, 0.29) is 0 Å². The van der Waals surface area contributed by atoms with E-state index in [0.717, 1.165) is 27.4 Å². The SMILES string of the molecule is Cn1c(CN)nnc1SCc1csc(-c2ccsc2)n1. The number of aromatic nitrogens is 4. The van der Waals surface area contributed by atoms with Gasteiger partial charge in [0.15, 0.2) is 5.16 Å². The van der Waals surface area contributed by atoms with Gasteiger partial charge in [0.1, 0.15) is 10.8 Å². The Hall–Kier alpha value is -1.22. The molecule has 0 aliphatic heterocycles. The molecule has 0 aliphatic carbocycles. The van der Waals surface area contributed by atoms with Crippen molar-refractivity contribution < 1.29 is 0 Å². The van der Waals surface area contributed by atoms with Crippen molar-refractivity contribution in [2.24, 2.45) is 12.8 Å². The standard InChI is InChI=1S/C12H13N5S3/c1-17-10(4-13)15-16-12(17)20-7-9-6-19-11(14-9)8-2-3-18-5-8/h2-3,5-6H,4,7,13H2,1H3. The number of hydrogen-bond acceptors (Lipinski definition) is 7. The maximum absolute atomic E-state index is 5.59. The van der Waals surface area contributed by atoms with Crippen molar-refractivity contribution in [3.63, 3.8) is 0 Å². The molecule has 0 fully saturated rings. The van der Waals surface area contributed by atoms with Gasteiger partial charge in [-0.2, -0.15) is 11.3 Å². The molecule has 0 spiro atoms. The molecule has 0 saturated heterocycles. The van der Waals surface area contributed by atoms with Gasteiger partial charge < -0.3 is 10.3 Å². The molecule has 0 atom stereocenters. The van der Waals surface area contributed by atoms with Crippen LogP contribution < -0.4 is 5.73 Å². The molecule has 3 rings (SSSR count). The number of thiazole rings is 1. The maximum atomic E-state index is 5.59. The van der Waals surface area contributed by atoms with Crippen molar-refractivity contribution in [1.82, 2.24) is 19.7 Å². The molecule has 0 amide bonds. The van der Waals surface area contributed by atoms with Gasteiger partial charge in [0.2, 0.25) is 0 Å². The molecule has 0 unspecified atom stereocenters. The highest BCUT2D eigenvalue weighted by atomic mass is 32.2. The molecular formula is C12H13N5S3. The van der Waals surface area contributed by atoms with Crippen LogP contribution >= 0.6 is 34.4 Å². The van der Waals surface area contributed by atoms with E-state index < -0.39 is 0 Å². The second kappa shape index (κ2) is 6.04. The van der Waals surface area contributed by atoms with E-state index in [1.807, 2.05) is 11.6 Å². The van der Waals surface area contributed by atoms with Gasteiger partial charge in [-0.05, 0) is 11.4 Å². The average Bonchev–Trinajstić information content (AvgIpc) is 3.17. The zero-order valence-electron chi connectivity index (χ0n) is 10.8. The van der Waals surface area contributed by atoms with Crippen LogP contribution in [0.25, 0.3) is 10.6 Å². The fourth-order valence-electron chi connectivity index (χ4n) is 1.68. The lowest BCUT2D eigenvalue weighted by atomic mass is 10.4. The first-order valence-electron chi connectivity index (χ1n) is 5.96. The molecule has 0 aromatic carbocycles.